The summed E-state index contributed by atoms with van der Waals surface area (Å²) in [5, 5.41) is 3.40. The van der Waals surface area contributed by atoms with Crippen LogP contribution in [0, 0.1) is 0 Å². The van der Waals surface area contributed by atoms with E-state index in [0.717, 1.165) is 26.2 Å². The molecule has 1 aliphatic heterocycles. The van der Waals surface area contributed by atoms with Crippen molar-refractivity contribution in [3.05, 3.63) is 35.9 Å². The quantitative estimate of drug-likeness (QED) is 0.880. The van der Waals surface area contributed by atoms with Crippen LogP contribution in [0.25, 0.3) is 0 Å². The number of hydrogen-bond donors (Lipinski definition) is 1. The van der Waals surface area contributed by atoms with Gasteiger partial charge in [0.15, 0.2) is 0 Å². The summed E-state index contributed by atoms with van der Waals surface area (Å²) < 4.78 is 0. The normalized spacial score (nSPS) is 19.8. The fourth-order valence-electron chi connectivity index (χ4n) is 2.63. The molecule has 0 bridgehead atoms. The molecule has 110 valence electrons. The van der Waals surface area contributed by atoms with Gasteiger partial charge in [-0.25, -0.2) is 0 Å². The van der Waals surface area contributed by atoms with Crippen LogP contribution in [0.1, 0.15) is 19.4 Å². The fraction of sp³-hybridized carbons (Fsp3) is 0.562. The minimum absolute atomic E-state index is 0.227. The van der Waals surface area contributed by atoms with Crippen molar-refractivity contribution < 1.29 is 4.79 Å². The molecule has 0 radical (unpaired) electrons. The Morgan fingerprint density at radius 3 is 2.80 bits per heavy atom. The predicted octanol–water partition coefficient (Wildman–Crippen LogP) is 1.33. The van der Waals surface area contributed by atoms with Crippen LogP contribution < -0.4 is 5.32 Å². The number of amides is 1. The van der Waals surface area contributed by atoms with Crippen molar-refractivity contribution in [3.63, 3.8) is 0 Å². The van der Waals surface area contributed by atoms with E-state index >= 15 is 0 Å². The highest BCUT2D eigenvalue weighted by molar-refractivity contribution is 5.78. The third-order valence-electron chi connectivity index (χ3n) is 3.76. The maximum Gasteiger partial charge on any atom is 0.237 e. The first-order valence-corrected chi connectivity index (χ1v) is 7.46. The average Bonchev–Trinajstić information content (AvgIpc) is 2.45. The van der Waals surface area contributed by atoms with E-state index in [2.05, 4.69) is 29.3 Å². The van der Waals surface area contributed by atoms with Crippen LogP contribution in [-0.2, 0) is 11.3 Å². The van der Waals surface area contributed by atoms with Crippen LogP contribution in [0.4, 0.5) is 0 Å². The molecule has 1 amide bonds. The Kier molecular flexibility index (Phi) is 5.56. The molecule has 0 aromatic heterocycles. The summed E-state index contributed by atoms with van der Waals surface area (Å²) in [6, 6.07) is 10.7. The van der Waals surface area contributed by atoms with Gasteiger partial charge in [0.05, 0.1) is 6.54 Å². The van der Waals surface area contributed by atoms with E-state index in [1.165, 1.54) is 5.56 Å². The topological polar surface area (TPSA) is 35.6 Å². The Balaban J connectivity index is 1.88. The van der Waals surface area contributed by atoms with Crippen molar-refractivity contribution in [1.82, 2.24) is 15.1 Å². The molecule has 4 nitrogen and oxygen atoms in total. The van der Waals surface area contributed by atoms with E-state index in [0.29, 0.717) is 19.1 Å². The van der Waals surface area contributed by atoms with Gasteiger partial charge in [0.2, 0.25) is 5.91 Å². The molecule has 2 rings (SSSR count). The van der Waals surface area contributed by atoms with Gasteiger partial charge in [-0.15, -0.1) is 0 Å². The van der Waals surface area contributed by atoms with Crippen molar-refractivity contribution in [2.45, 2.75) is 26.4 Å². The minimum atomic E-state index is 0.227. The first-order valence-electron chi connectivity index (χ1n) is 7.46. The number of benzene rings is 1. The number of likely N-dealkylation sites (N-methyl/N-ethyl adjacent to an activating group) is 1. The van der Waals surface area contributed by atoms with Gasteiger partial charge in [-0.3, -0.25) is 9.69 Å². The van der Waals surface area contributed by atoms with E-state index in [9.17, 15) is 4.79 Å². The van der Waals surface area contributed by atoms with E-state index in [1.54, 1.807) is 0 Å². The van der Waals surface area contributed by atoms with Gasteiger partial charge >= 0.3 is 0 Å². The molecule has 1 unspecified atom stereocenters. The van der Waals surface area contributed by atoms with Gasteiger partial charge < -0.3 is 10.2 Å². The van der Waals surface area contributed by atoms with Gasteiger partial charge in [0.25, 0.3) is 0 Å². The zero-order valence-corrected chi connectivity index (χ0v) is 12.5. The monoisotopic (exact) mass is 275 g/mol. The number of piperazine rings is 1. The lowest BCUT2D eigenvalue weighted by Crippen LogP contribution is -2.52. The molecular weight excluding hydrogens is 250 g/mol. The molecule has 1 atom stereocenters. The van der Waals surface area contributed by atoms with E-state index < -0.39 is 0 Å². The summed E-state index contributed by atoms with van der Waals surface area (Å²) >= 11 is 0. The maximum absolute atomic E-state index is 12.4. The molecule has 1 fully saturated rings. The predicted molar refractivity (Wildman–Crippen MR) is 81.4 cm³/mol. The highest BCUT2D eigenvalue weighted by Crippen LogP contribution is 2.06. The summed E-state index contributed by atoms with van der Waals surface area (Å²) in [4.78, 5) is 16.6. The lowest BCUT2D eigenvalue weighted by Gasteiger charge is -2.33. The molecule has 1 heterocycles. The van der Waals surface area contributed by atoms with Crippen LogP contribution in [0.2, 0.25) is 0 Å². The van der Waals surface area contributed by atoms with Crippen LogP contribution in [0.5, 0.6) is 0 Å². The van der Waals surface area contributed by atoms with Gasteiger partial charge in [-0.05, 0) is 19.4 Å². The summed E-state index contributed by atoms with van der Waals surface area (Å²) in [6.07, 6.45) is 0. The number of carbonyl (C=O) groups is 1. The van der Waals surface area contributed by atoms with Crippen LogP contribution in [0.3, 0.4) is 0 Å². The first-order chi connectivity index (χ1) is 9.69. The van der Waals surface area contributed by atoms with Gasteiger partial charge in [-0.2, -0.15) is 0 Å². The Labute approximate surface area is 121 Å². The third-order valence-corrected chi connectivity index (χ3v) is 3.76. The maximum atomic E-state index is 12.4. The van der Waals surface area contributed by atoms with Crippen molar-refractivity contribution in [2.24, 2.45) is 0 Å². The zero-order chi connectivity index (χ0) is 14.4. The van der Waals surface area contributed by atoms with Crippen molar-refractivity contribution in [1.29, 1.82) is 0 Å². The highest BCUT2D eigenvalue weighted by atomic mass is 16.2. The number of carbonyl (C=O) groups excluding carboxylic acids is 1. The first kappa shape index (κ1) is 15.0. The summed E-state index contributed by atoms with van der Waals surface area (Å²) in [7, 11) is 0. The second-order valence-corrected chi connectivity index (χ2v) is 5.48. The SMILES string of the molecule is CCN(Cc1ccccc1)C(=O)CN1CCNC(C)C1. The standard InChI is InChI=1S/C16H25N3O/c1-3-19(12-15-7-5-4-6-8-15)16(20)13-18-10-9-17-14(2)11-18/h4-8,14,17H,3,9-13H2,1-2H3. The Bertz CT molecular complexity index is 421. The lowest BCUT2D eigenvalue weighted by atomic mass is 10.2. The largest absolute Gasteiger partial charge is 0.338 e. The molecule has 0 spiro atoms. The Morgan fingerprint density at radius 2 is 2.15 bits per heavy atom. The summed E-state index contributed by atoms with van der Waals surface area (Å²) in [5.41, 5.74) is 1.19. The number of nitrogens with one attached hydrogen (secondary N) is 1. The minimum Gasteiger partial charge on any atom is -0.338 e. The van der Waals surface area contributed by atoms with Crippen LogP contribution in [-0.4, -0.2) is 54.5 Å². The molecule has 1 aliphatic rings. The van der Waals surface area contributed by atoms with Gasteiger partial charge in [0, 0.05) is 38.8 Å². The molecule has 1 N–H and O–H groups in total. The molecule has 0 saturated carbocycles. The molecule has 1 aromatic carbocycles. The number of nitrogens with zero attached hydrogens (tertiary/aromatic N) is 2. The van der Waals surface area contributed by atoms with Gasteiger partial charge in [0.1, 0.15) is 0 Å². The molecule has 4 heteroatoms. The third kappa shape index (κ3) is 4.32. The van der Waals surface area contributed by atoms with Crippen molar-refractivity contribution >= 4 is 5.91 Å². The molecular formula is C16H25N3O. The summed E-state index contributed by atoms with van der Waals surface area (Å²) in [6.45, 7) is 9.09. The molecule has 1 aromatic rings. The molecule has 20 heavy (non-hydrogen) atoms. The summed E-state index contributed by atoms with van der Waals surface area (Å²) in [5.74, 6) is 0.227. The number of hydrogen-bond acceptors (Lipinski definition) is 3. The Hall–Kier alpha value is -1.39. The lowest BCUT2D eigenvalue weighted by molar-refractivity contribution is -0.133. The zero-order valence-electron chi connectivity index (χ0n) is 12.5. The smallest absolute Gasteiger partial charge is 0.237 e. The second-order valence-electron chi connectivity index (χ2n) is 5.48. The fourth-order valence-corrected chi connectivity index (χ4v) is 2.63. The molecule has 1 saturated heterocycles. The highest BCUT2D eigenvalue weighted by Gasteiger charge is 2.20. The molecule has 0 aliphatic carbocycles. The Morgan fingerprint density at radius 1 is 1.40 bits per heavy atom. The van der Waals surface area contributed by atoms with E-state index in [4.69, 9.17) is 0 Å². The van der Waals surface area contributed by atoms with Crippen molar-refractivity contribution in [3.8, 4) is 0 Å². The average molecular weight is 275 g/mol. The van der Waals surface area contributed by atoms with Crippen LogP contribution in [0.15, 0.2) is 30.3 Å². The number of rotatable bonds is 5. The van der Waals surface area contributed by atoms with E-state index in [-0.39, 0.29) is 5.91 Å². The van der Waals surface area contributed by atoms with Crippen LogP contribution >= 0.6 is 0 Å². The van der Waals surface area contributed by atoms with Gasteiger partial charge in [-0.1, -0.05) is 30.3 Å². The van der Waals surface area contributed by atoms with E-state index in [1.807, 2.05) is 30.0 Å². The van der Waals surface area contributed by atoms with Crippen molar-refractivity contribution in [2.75, 3.05) is 32.7 Å². The second kappa shape index (κ2) is 7.41.